The summed E-state index contributed by atoms with van der Waals surface area (Å²) in [7, 11) is 0. The van der Waals surface area contributed by atoms with Gasteiger partial charge in [-0.15, -0.1) is 0 Å². The maximum absolute atomic E-state index is 11.8. The first-order valence-electron chi connectivity index (χ1n) is 6.75. The number of nitrogens with one attached hydrogen (secondary N) is 2. The zero-order valence-electron chi connectivity index (χ0n) is 11.5. The Morgan fingerprint density at radius 3 is 2.95 bits per heavy atom. The van der Waals surface area contributed by atoms with Gasteiger partial charge < -0.3 is 20.6 Å². The summed E-state index contributed by atoms with van der Waals surface area (Å²) >= 11 is 5.98. The lowest BCUT2D eigenvalue weighted by atomic mass is 10.1. The summed E-state index contributed by atoms with van der Waals surface area (Å²) in [4.78, 5) is 24.9. The van der Waals surface area contributed by atoms with Crippen LogP contribution in [0.3, 0.4) is 0 Å². The number of aliphatic hydroxyl groups is 1. The van der Waals surface area contributed by atoms with Crippen LogP contribution >= 0.6 is 11.6 Å². The number of halogens is 1. The highest BCUT2D eigenvalue weighted by Crippen LogP contribution is 2.21. The number of carbonyl (C=O) groups is 2. The second kappa shape index (κ2) is 7.40. The third kappa shape index (κ3) is 4.42. The predicted molar refractivity (Wildman–Crippen MR) is 78.9 cm³/mol. The van der Waals surface area contributed by atoms with Crippen LogP contribution in [0.4, 0.5) is 0 Å². The number of aliphatic hydroxyl groups excluding tert-OH is 1. The molecule has 21 heavy (non-hydrogen) atoms. The van der Waals surface area contributed by atoms with Crippen molar-refractivity contribution in [2.75, 3.05) is 32.7 Å². The number of amides is 2. The van der Waals surface area contributed by atoms with Crippen molar-refractivity contribution >= 4 is 23.4 Å². The summed E-state index contributed by atoms with van der Waals surface area (Å²) in [5, 5.41) is 16.0. The van der Waals surface area contributed by atoms with Gasteiger partial charge in [0.1, 0.15) is 0 Å². The number of nitrogens with zero attached hydrogens (tertiary/aromatic N) is 1. The van der Waals surface area contributed by atoms with E-state index in [9.17, 15) is 14.7 Å². The van der Waals surface area contributed by atoms with Gasteiger partial charge in [-0.3, -0.25) is 9.59 Å². The lowest BCUT2D eigenvalue weighted by molar-refractivity contribution is -0.136. The van der Waals surface area contributed by atoms with E-state index in [-0.39, 0.29) is 31.4 Å². The van der Waals surface area contributed by atoms with E-state index >= 15 is 0 Å². The Hall–Kier alpha value is -1.63. The summed E-state index contributed by atoms with van der Waals surface area (Å²) in [6.45, 7) is 1.52. The highest BCUT2D eigenvalue weighted by molar-refractivity contribution is 6.31. The van der Waals surface area contributed by atoms with Crippen LogP contribution in [0.25, 0.3) is 0 Å². The second-order valence-corrected chi connectivity index (χ2v) is 5.24. The van der Waals surface area contributed by atoms with E-state index < -0.39 is 6.10 Å². The van der Waals surface area contributed by atoms with Crippen LogP contribution in [-0.2, 0) is 9.59 Å². The van der Waals surface area contributed by atoms with Crippen molar-refractivity contribution in [1.29, 1.82) is 0 Å². The van der Waals surface area contributed by atoms with Crippen molar-refractivity contribution in [2.45, 2.75) is 6.10 Å². The average Bonchev–Trinajstić information content (AvgIpc) is 2.48. The number of carbonyl (C=O) groups excluding carboxylic acids is 2. The molecule has 1 fully saturated rings. The van der Waals surface area contributed by atoms with Gasteiger partial charge in [-0.25, -0.2) is 0 Å². The first kappa shape index (κ1) is 15.8. The summed E-state index contributed by atoms with van der Waals surface area (Å²) in [6.07, 6.45) is -0.874. The lowest BCUT2D eigenvalue weighted by Crippen LogP contribution is -2.51. The van der Waals surface area contributed by atoms with Crippen molar-refractivity contribution in [2.24, 2.45) is 0 Å². The monoisotopic (exact) mass is 311 g/mol. The zero-order chi connectivity index (χ0) is 15.2. The van der Waals surface area contributed by atoms with Gasteiger partial charge in [0.2, 0.25) is 11.8 Å². The van der Waals surface area contributed by atoms with E-state index in [0.29, 0.717) is 23.7 Å². The molecule has 1 aliphatic rings. The lowest BCUT2D eigenvalue weighted by Gasteiger charge is -2.26. The molecular formula is C14H18ClN3O3. The average molecular weight is 312 g/mol. The molecule has 114 valence electrons. The molecule has 6 nitrogen and oxygen atoms in total. The minimum absolute atomic E-state index is 0.00968. The summed E-state index contributed by atoms with van der Waals surface area (Å²) in [5.74, 6) is -0.389. The number of hydrogen-bond donors (Lipinski definition) is 3. The Bertz CT molecular complexity index is 524. The molecule has 3 N–H and O–H groups in total. The molecule has 1 aliphatic heterocycles. The van der Waals surface area contributed by atoms with Gasteiger partial charge in [0, 0.05) is 30.2 Å². The van der Waals surface area contributed by atoms with Crippen LogP contribution in [-0.4, -0.2) is 54.5 Å². The van der Waals surface area contributed by atoms with E-state index in [1.165, 1.54) is 4.90 Å². The van der Waals surface area contributed by atoms with Gasteiger partial charge in [-0.05, 0) is 6.07 Å². The largest absolute Gasteiger partial charge is 0.387 e. The van der Waals surface area contributed by atoms with Crippen LogP contribution < -0.4 is 10.6 Å². The van der Waals surface area contributed by atoms with Crippen LogP contribution in [0.15, 0.2) is 24.3 Å². The molecule has 0 bridgehead atoms. The topological polar surface area (TPSA) is 81.7 Å². The van der Waals surface area contributed by atoms with Crippen molar-refractivity contribution in [3.8, 4) is 0 Å². The molecule has 2 amide bonds. The Labute approximate surface area is 128 Å². The third-order valence-electron chi connectivity index (χ3n) is 3.28. The third-order valence-corrected chi connectivity index (χ3v) is 3.62. The minimum atomic E-state index is -0.874. The van der Waals surface area contributed by atoms with Crippen LogP contribution in [0.5, 0.6) is 0 Å². The Balaban J connectivity index is 1.81. The fourth-order valence-electron chi connectivity index (χ4n) is 2.11. The van der Waals surface area contributed by atoms with Crippen LogP contribution in [0.2, 0.25) is 5.02 Å². The molecule has 7 heteroatoms. The molecule has 0 aliphatic carbocycles. The van der Waals surface area contributed by atoms with Gasteiger partial charge in [0.15, 0.2) is 0 Å². The van der Waals surface area contributed by atoms with Gasteiger partial charge in [-0.2, -0.15) is 0 Å². The maximum atomic E-state index is 11.8. The fraction of sp³-hybridized carbons (Fsp3) is 0.429. The van der Waals surface area contributed by atoms with E-state index in [1.807, 2.05) is 0 Å². The number of benzene rings is 1. The molecule has 0 spiro atoms. The minimum Gasteiger partial charge on any atom is -0.387 e. The van der Waals surface area contributed by atoms with Gasteiger partial charge >= 0.3 is 0 Å². The number of hydrogen-bond acceptors (Lipinski definition) is 4. The first-order chi connectivity index (χ1) is 10.1. The van der Waals surface area contributed by atoms with E-state index in [0.717, 1.165) is 0 Å². The second-order valence-electron chi connectivity index (χ2n) is 4.83. The summed E-state index contributed by atoms with van der Waals surface area (Å²) < 4.78 is 0. The van der Waals surface area contributed by atoms with E-state index in [1.54, 1.807) is 24.3 Å². The Morgan fingerprint density at radius 2 is 2.24 bits per heavy atom. The predicted octanol–water partition coefficient (Wildman–Crippen LogP) is -0.0786. The maximum Gasteiger partial charge on any atom is 0.239 e. The summed E-state index contributed by atoms with van der Waals surface area (Å²) in [6, 6.07) is 6.93. The quantitative estimate of drug-likeness (QED) is 0.710. The van der Waals surface area contributed by atoms with Crippen molar-refractivity contribution in [1.82, 2.24) is 15.5 Å². The van der Waals surface area contributed by atoms with Crippen LogP contribution in [0.1, 0.15) is 11.7 Å². The molecule has 1 aromatic carbocycles. The molecule has 1 atom stereocenters. The molecule has 1 saturated heterocycles. The van der Waals surface area contributed by atoms with Crippen molar-refractivity contribution in [3.63, 3.8) is 0 Å². The molecule has 0 aromatic heterocycles. The van der Waals surface area contributed by atoms with Gasteiger partial charge in [0.25, 0.3) is 0 Å². The fourth-order valence-corrected chi connectivity index (χ4v) is 2.37. The SMILES string of the molecule is O=C(CN1CCNCC1=O)NC[C@H](O)c1ccccc1Cl. The van der Waals surface area contributed by atoms with E-state index in [4.69, 9.17) is 11.6 Å². The number of rotatable bonds is 5. The molecule has 0 saturated carbocycles. The van der Waals surface area contributed by atoms with Crippen molar-refractivity contribution < 1.29 is 14.7 Å². The van der Waals surface area contributed by atoms with Crippen molar-refractivity contribution in [3.05, 3.63) is 34.9 Å². The first-order valence-corrected chi connectivity index (χ1v) is 7.13. The molecule has 1 aromatic rings. The Kier molecular flexibility index (Phi) is 5.55. The smallest absolute Gasteiger partial charge is 0.239 e. The summed E-state index contributed by atoms with van der Waals surface area (Å²) in [5.41, 5.74) is 0.567. The molecule has 2 rings (SSSR count). The van der Waals surface area contributed by atoms with Gasteiger partial charge in [-0.1, -0.05) is 29.8 Å². The Morgan fingerprint density at radius 1 is 1.48 bits per heavy atom. The zero-order valence-corrected chi connectivity index (χ0v) is 12.3. The highest BCUT2D eigenvalue weighted by atomic mass is 35.5. The van der Waals surface area contributed by atoms with Crippen LogP contribution in [0, 0.1) is 0 Å². The molecule has 1 heterocycles. The van der Waals surface area contributed by atoms with E-state index in [2.05, 4.69) is 10.6 Å². The van der Waals surface area contributed by atoms with Gasteiger partial charge in [0.05, 0.1) is 19.2 Å². The molecule has 0 radical (unpaired) electrons. The molecular weight excluding hydrogens is 294 g/mol. The normalized spacial score (nSPS) is 16.7. The number of piperazine rings is 1. The highest BCUT2D eigenvalue weighted by Gasteiger charge is 2.20. The standard InChI is InChI=1S/C14H18ClN3O3/c15-11-4-2-1-3-10(11)12(19)7-17-13(20)9-18-6-5-16-8-14(18)21/h1-4,12,16,19H,5-9H2,(H,17,20)/t12-/m0/s1. The molecule has 0 unspecified atom stereocenters.